The van der Waals surface area contributed by atoms with Gasteiger partial charge in [0.25, 0.3) is 0 Å². The number of aliphatic hydroxyl groups is 2. The SMILES string of the molecule is CCCC(C)C(O)C(CO)(CBr)c1ccc(Cl)cc1Cl. The van der Waals surface area contributed by atoms with Crippen LogP contribution >= 0.6 is 39.1 Å². The van der Waals surface area contributed by atoms with Gasteiger partial charge in [-0.2, -0.15) is 0 Å². The van der Waals surface area contributed by atoms with Gasteiger partial charge in [0.1, 0.15) is 0 Å². The van der Waals surface area contributed by atoms with Gasteiger partial charge < -0.3 is 10.2 Å². The first kappa shape index (κ1) is 18.2. The Kier molecular flexibility index (Phi) is 7.30. The molecular formula is C15H21BrCl2O2. The van der Waals surface area contributed by atoms with E-state index in [1.807, 2.05) is 6.92 Å². The summed E-state index contributed by atoms with van der Waals surface area (Å²) in [5, 5.41) is 22.1. The summed E-state index contributed by atoms with van der Waals surface area (Å²) in [7, 11) is 0. The van der Waals surface area contributed by atoms with E-state index in [1.165, 1.54) is 0 Å². The van der Waals surface area contributed by atoms with Crippen LogP contribution in [0.25, 0.3) is 0 Å². The molecule has 0 saturated carbocycles. The summed E-state index contributed by atoms with van der Waals surface area (Å²) >= 11 is 15.6. The van der Waals surface area contributed by atoms with Gasteiger partial charge in [-0.25, -0.2) is 0 Å². The maximum absolute atomic E-state index is 10.7. The zero-order valence-electron chi connectivity index (χ0n) is 11.7. The van der Waals surface area contributed by atoms with Crippen molar-refractivity contribution in [1.29, 1.82) is 0 Å². The molecular weight excluding hydrogens is 363 g/mol. The zero-order chi connectivity index (χ0) is 15.3. The number of alkyl halides is 1. The zero-order valence-corrected chi connectivity index (χ0v) is 14.8. The molecule has 1 rings (SSSR count). The molecule has 0 radical (unpaired) electrons. The number of rotatable bonds is 7. The van der Waals surface area contributed by atoms with Gasteiger partial charge in [0, 0.05) is 15.4 Å². The average Bonchev–Trinajstić information content (AvgIpc) is 2.42. The van der Waals surface area contributed by atoms with Crippen LogP contribution in [-0.4, -0.2) is 28.3 Å². The van der Waals surface area contributed by atoms with E-state index in [2.05, 4.69) is 22.9 Å². The second kappa shape index (κ2) is 8.00. The third-order valence-electron chi connectivity index (χ3n) is 3.84. The third kappa shape index (κ3) is 3.69. The minimum absolute atomic E-state index is 0.0662. The van der Waals surface area contributed by atoms with E-state index < -0.39 is 11.5 Å². The molecule has 0 aliphatic heterocycles. The van der Waals surface area contributed by atoms with Crippen LogP contribution in [0.2, 0.25) is 10.0 Å². The molecule has 0 heterocycles. The van der Waals surface area contributed by atoms with E-state index in [1.54, 1.807) is 18.2 Å². The second-order valence-corrected chi connectivity index (χ2v) is 6.69. The van der Waals surface area contributed by atoms with Crippen molar-refractivity contribution in [1.82, 2.24) is 0 Å². The highest BCUT2D eigenvalue weighted by Gasteiger charge is 2.42. The fourth-order valence-corrected chi connectivity index (χ4v) is 3.99. The summed E-state index contributed by atoms with van der Waals surface area (Å²) in [5.41, 5.74) is -0.102. The molecule has 5 heteroatoms. The van der Waals surface area contributed by atoms with Crippen molar-refractivity contribution in [2.24, 2.45) is 5.92 Å². The first-order chi connectivity index (χ1) is 9.42. The molecule has 2 nitrogen and oxygen atoms in total. The third-order valence-corrected chi connectivity index (χ3v) is 5.39. The van der Waals surface area contributed by atoms with Gasteiger partial charge in [0.15, 0.2) is 0 Å². The van der Waals surface area contributed by atoms with Crippen molar-refractivity contribution in [2.45, 2.75) is 38.2 Å². The Balaban J connectivity index is 3.26. The van der Waals surface area contributed by atoms with Crippen LogP contribution < -0.4 is 0 Å². The molecule has 1 aromatic rings. The van der Waals surface area contributed by atoms with E-state index >= 15 is 0 Å². The lowest BCUT2D eigenvalue weighted by molar-refractivity contribution is 0.0118. The van der Waals surface area contributed by atoms with E-state index in [0.717, 1.165) is 18.4 Å². The second-order valence-electron chi connectivity index (χ2n) is 5.28. The van der Waals surface area contributed by atoms with Gasteiger partial charge >= 0.3 is 0 Å². The minimum Gasteiger partial charge on any atom is -0.395 e. The quantitative estimate of drug-likeness (QED) is 0.684. The fourth-order valence-electron chi connectivity index (χ4n) is 2.58. The van der Waals surface area contributed by atoms with Crippen LogP contribution in [0, 0.1) is 5.92 Å². The molecule has 114 valence electrons. The molecule has 0 saturated heterocycles. The van der Waals surface area contributed by atoms with Gasteiger partial charge in [0.2, 0.25) is 0 Å². The number of benzene rings is 1. The molecule has 0 aromatic heterocycles. The Labute approximate surface area is 139 Å². The molecule has 3 unspecified atom stereocenters. The maximum Gasteiger partial charge on any atom is 0.0693 e. The lowest BCUT2D eigenvalue weighted by Crippen LogP contribution is -2.48. The first-order valence-corrected chi connectivity index (χ1v) is 8.61. The fraction of sp³-hybridized carbons (Fsp3) is 0.600. The van der Waals surface area contributed by atoms with Gasteiger partial charge in [-0.1, -0.05) is 65.5 Å². The van der Waals surface area contributed by atoms with Gasteiger partial charge in [0.05, 0.1) is 18.1 Å². The maximum atomic E-state index is 10.7. The van der Waals surface area contributed by atoms with Crippen LogP contribution in [0.5, 0.6) is 0 Å². The van der Waals surface area contributed by atoms with E-state index in [9.17, 15) is 10.2 Å². The summed E-state index contributed by atoms with van der Waals surface area (Å²) in [4.78, 5) is 0. The Morgan fingerprint density at radius 1 is 1.35 bits per heavy atom. The Hall–Kier alpha value is 0.200. The van der Waals surface area contributed by atoms with E-state index in [-0.39, 0.29) is 12.5 Å². The predicted octanol–water partition coefficient (Wildman–Crippen LogP) is 4.42. The Morgan fingerprint density at radius 3 is 2.45 bits per heavy atom. The van der Waals surface area contributed by atoms with Crippen molar-refractivity contribution in [3.63, 3.8) is 0 Å². The number of halogens is 3. The van der Waals surface area contributed by atoms with Crippen LogP contribution in [0.1, 0.15) is 32.3 Å². The van der Waals surface area contributed by atoms with Crippen LogP contribution in [-0.2, 0) is 5.41 Å². The Bertz CT molecular complexity index is 436. The molecule has 3 atom stereocenters. The van der Waals surface area contributed by atoms with Crippen LogP contribution in [0.15, 0.2) is 18.2 Å². The highest BCUT2D eigenvalue weighted by Crippen LogP contribution is 2.39. The highest BCUT2D eigenvalue weighted by molar-refractivity contribution is 9.09. The van der Waals surface area contributed by atoms with Crippen LogP contribution in [0.4, 0.5) is 0 Å². The largest absolute Gasteiger partial charge is 0.395 e. The molecule has 20 heavy (non-hydrogen) atoms. The van der Waals surface area contributed by atoms with Crippen LogP contribution in [0.3, 0.4) is 0 Å². The molecule has 2 N–H and O–H groups in total. The van der Waals surface area contributed by atoms with Gasteiger partial charge in [-0.3, -0.25) is 0 Å². The lowest BCUT2D eigenvalue weighted by atomic mass is 9.73. The summed E-state index contributed by atoms with van der Waals surface area (Å²) in [6.07, 6.45) is 1.18. The predicted molar refractivity (Wildman–Crippen MR) is 89.1 cm³/mol. The summed E-state index contributed by atoms with van der Waals surface area (Å²) in [6, 6.07) is 5.15. The van der Waals surface area contributed by atoms with Crippen molar-refractivity contribution < 1.29 is 10.2 Å². The average molecular weight is 384 g/mol. The van der Waals surface area contributed by atoms with E-state index in [0.29, 0.717) is 15.4 Å². The Morgan fingerprint density at radius 2 is 2.00 bits per heavy atom. The molecule has 0 spiro atoms. The molecule has 0 bridgehead atoms. The van der Waals surface area contributed by atoms with Crippen molar-refractivity contribution in [2.75, 3.05) is 11.9 Å². The summed E-state index contributed by atoms with van der Waals surface area (Å²) < 4.78 is 0. The van der Waals surface area contributed by atoms with E-state index in [4.69, 9.17) is 23.2 Å². The molecule has 0 amide bonds. The standard InChI is InChI=1S/C15H21BrCl2O2/c1-3-4-10(2)14(20)15(8-16,9-19)12-6-5-11(17)7-13(12)18/h5-7,10,14,19-20H,3-4,8-9H2,1-2H3. The van der Waals surface area contributed by atoms with Crippen molar-refractivity contribution >= 4 is 39.1 Å². The molecule has 0 aliphatic rings. The number of hydrogen-bond acceptors (Lipinski definition) is 2. The number of aliphatic hydroxyl groups excluding tert-OH is 2. The first-order valence-electron chi connectivity index (χ1n) is 6.73. The minimum atomic E-state index is -0.823. The number of hydrogen-bond donors (Lipinski definition) is 2. The molecule has 0 fully saturated rings. The molecule has 1 aromatic carbocycles. The smallest absolute Gasteiger partial charge is 0.0693 e. The normalized spacial score (nSPS) is 17.6. The summed E-state index contributed by atoms with van der Waals surface area (Å²) in [6.45, 7) is 3.88. The van der Waals surface area contributed by atoms with Gasteiger partial charge in [-0.05, 0) is 30.0 Å². The lowest BCUT2D eigenvalue weighted by Gasteiger charge is -2.39. The topological polar surface area (TPSA) is 40.5 Å². The highest BCUT2D eigenvalue weighted by atomic mass is 79.9. The summed E-state index contributed by atoms with van der Waals surface area (Å²) in [5.74, 6) is 0.0662. The molecule has 0 aliphatic carbocycles. The monoisotopic (exact) mass is 382 g/mol. The van der Waals surface area contributed by atoms with Crippen molar-refractivity contribution in [3.05, 3.63) is 33.8 Å². The van der Waals surface area contributed by atoms with Gasteiger partial charge in [-0.15, -0.1) is 0 Å². The van der Waals surface area contributed by atoms with Crippen molar-refractivity contribution in [3.8, 4) is 0 Å².